The van der Waals surface area contributed by atoms with Gasteiger partial charge in [0.1, 0.15) is 0 Å². The first kappa shape index (κ1) is 9.09. The molecule has 0 spiro atoms. The van der Waals surface area contributed by atoms with Crippen LogP contribution in [-0.4, -0.2) is 24.0 Å². The van der Waals surface area contributed by atoms with E-state index in [1.165, 1.54) is 10.9 Å². The van der Waals surface area contributed by atoms with Gasteiger partial charge in [0.05, 0.1) is 0 Å². The lowest BCUT2D eigenvalue weighted by Gasteiger charge is -2.07. The van der Waals surface area contributed by atoms with Gasteiger partial charge in [0.2, 0.25) is 0 Å². The number of H-pyrrole nitrogens is 1. The van der Waals surface area contributed by atoms with Crippen LogP contribution < -0.4 is 5.73 Å². The predicted molar refractivity (Wildman–Crippen MR) is 60.1 cm³/mol. The molecule has 0 aliphatic heterocycles. The van der Waals surface area contributed by atoms with Crippen molar-refractivity contribution in [1.82, 2.24) is 9.88 Å². The molecule has 3 heteroatoms. The van der Waals surface area contributed by atoms with Crippen molar-refractivity contribution in [3.05, 3.63) is 30.0 Å². The average molecular weight is 189 g/mol. The van der Waals surface area contributed by atoms with Crippen LogP contribution in [0, 0.1) is 0 Å². The molecule has 74 valence electrons. The van der Waals surface area contributed by atoms with Gasteiger partial charge in [-0.25, -0.2) is 0 Å². The van der Waals surface area contributed by atoms with Crippen molar-refractivity contribution in [2.45, 2.75) is 6.54 Å². The maximum Gasteiger partial charge on any atom is 0.0458 e. The van der Waals surface area contributed by atoms with E-state index in [1.807, 2.05) is 24.4 Å². The van der Waals surface area contributed by atoms with Gasteiger partial charge < -0.3 is 15.6 Å². The minimum absolute atomic E-state index is 0.817. The molecule has 0 radical (unpaired) electrons. The van der Waals surface area contributed by atoms with Gasteiger partial charge in [-0.15, -0.1) is 0 Å². The summed E-state index contributed by atoms with van der Waals surface area (Å²) in [6.45, 7) is 0.934. The van der Waals surface area contributed by atoms with Crippen LogP contribution in [0.2, 0.25) is 0 Å². The zero-order valence-electron chi connectivity index (χ0n) is 8.54. The molecule has 0 unspecified atom stereocenters. The number of aromatic amines is 1. The molecule has 0 aliphatic carbocycles. The van der Waals surface area contributed by atoms with Crippen LogP contribution in [0.15, 0.2) is 24.4 Å². The van der Waals surface area contributed by atoms with Crippen LogP contribution in [0.5, 0.6) is 0 Å². The van der Waals surface area contributed by atoms with E-state index in [4.69, 9.17) is 5.73 Å². The highest BCUT2D eigenvalue weighted by molar-refractivity contribution is 5.86. The van der Waals surface area contributed by atoms with Gasteiger partial charge in [-0.1, -0.05) is 0 Å². The van der Waals surface area contributed by atoms with Gasteiger partial charge >= 0.3 is 0 Å². The van der Waals surface area contributed by atoms with E-state index in [-0.39, 0.29) is 0 Å². The standard InChI is InChI=1S/C11H15N3/c1-14(2)7-8-6-13-11-4-3-9(12)5-10(8)11/h3-6,13H,7,12H2,1-2H3. The van der Waals surface area contributed by atoms with E-state index in [0.29, 0.717) is 0 Å². The van der Waals surface area contributed by atoms with E-state index < -0.39 is 0 Å². The predicted octanol–water partition coefficient (Wildman–Crippen LogP) is 1.81. The average Bonchev–Trinajstić information content (AvgIpc) is 2.47. The van der Waals surface area contributed by atoms with Crippen LogP contribution in [0.4, 0.5) is 5.69 Å². The molecule has 0 saturated carbocycles. The van der Waals surface area contributed by atoms with Crippen molar-refractivity contribution in [3.8, 4) is 0 Å². The van der Waals surface area contributed by atoms with Crippen molar-refractivity contribution >= 4 is 16.6 Å². The number of fused-ring (bicyclic) bond motifs is 1. The van der Waals surface area contributed by atoms with Crippen LogP contribution in [0.1, 0.15) is 5.56 Å². The van der Waals surface area contributed by atoms with Gasteiger partial charge in [0.15, 0.2) is 0 Å². The van der Waals surface area contributed by atoms with Gasteiger partial charge in [0, 0.05) is 29.3 Å². The number of aromatic nitrogens is 1. The first-order chi connectivity index (χ1) is 6.66. The minimum atomic E-state index is 0.817. The molecule has 2 rings (SSSR count). The summed E-state index contributed by atoms with van der Waals surface area (Å²) in [6.07, 6.45) is 2.05. The number of anilines is 1. The Morgan fingerprint density at radius 3 is 2.86 bits per heavy atom. The molecule has 2 aromatic rings. The lowest BCUT2D eigenvalue weighted by Crippen LogP contribution is -2.10. The van der Waals surface area contributed by atoms with Crippen LogP contribution in [0.3, 0.4) is 0 Å². The molecule has 0 aliphatic rings. The van der Waals surface area contributed by atoms with Gasteiger partial charge in [0.25, 0.3) is 0 Å². The second kappa shape index (κ2) is 3.35. The van der Waals surface area contributed by atoms with Crippen molar-refractivity contribution in [1.29, 1.82) is 0 Å². The number of nitrogen functional groups attached to an aromatic ring is 1. The summed E-state index contributed by atoms with van der Waals surface area (Å²) >= 11 is 0. The summed E-state index contributed by atoms with van der Waals surface area (Å²) in [5.41, 5.74) is 9.01. The highest BCUT2D eigenvalue weighted by Crippen LogP contribution is 2.21. The smallest absolute Gasteiger partial charge is 0.0458 e. The fourth-order valence-electron chi connectivity index (χ4n) is 1.67. The summed E-state index contributed by atoms with van der Waals surface area (Å²) in [4.78, 5) is 5.38. The first-order valence-corrected chi connectivity index (χ1v) is 4.67. The molecule has 3 nitrogen and oxygen atoms in total. The molecular weight excluding hydrogens is 174 g/mol. The third kappa shape index (κ3) is 1.59. The molecule has 1 aromatic carbocycles. The molecular formula is C11H15N3. The molecule has 0 fully saturated rings. The Morgan fingerprint density at radius 2 is 2.14 bits per heavy atom. The highest BCUT2D eigenvalue weighted by atomic mass is 15.0. The third-order valence-electron chi connectivity index (χ3n) is 2.28. The quantitative estimate of drug-likeness (QED) is 0.708. The number of hydrogen-bond acceptors (Lipinski definition) is 2. The topological polar surface area (TPSA) is 45.0 Å². The molecule has 14 heavy (non-hydrogen) atoms. The van der Waals surface area contributed by atoms with Crippen LogP contribution >= 0.6 is 0 Å². The summed E-state index contributed by atoms with van der Waals surface area (Å²) < 4.78 is 0. The van der Waals surface area contributed by atoms with Crippen molar-refractivity contribution in [2.75, 3.05) is 19.8 Å². The summed E-state index contributed by atoms with van der Waals surface area (Å²) in [7, 11) is 4.12. The molecule has 1 heterocycles. The van der Waals surface area contributed by atoms with Gasteiger partial charge in [-0.3, -0.25) is 0 Å². The van der Waals surface area contributed by atoms with Gasteiger partial charge in [-0.05, 0) is 37.9 Å². The second-order valence-electron chi connectivity index (χ2n) is 3.86. The first-order valence-electron chi connectivity index (χ1n) is 4.67. The molecule has 0 amide bonds. The Morgan fingerprint density at radius 1 is 1.36 bits per heavy atom. The Bertz CT molecular complexity index is 443. The molecule has 0 atom stereocenters. The van der Waals surface area contributed by atoms with E-state index >= 15 is 0 Å². The molecule has 3 N–H and O–H groups in total. The van der Waals surface area contributed by atoms with Crippen LogP contribution in [-0.2, 0) is 6.54 Å². The van der Waals surface area contributed by atoms with Crippen LogP contribution in [0.25, 0.3) is 10.9 Å². The minimum Gasteiger partial charge on any atom is -0.399 e. The zero-order chi connectivity index (χ0) is 10.1. The summed E-state index contributed by atoms with van der Waals surface area (Å²) in [5.74, 6) is 0. The van der Waals surface area contributed by atoms with Crippen molar-refractivity contribution in [3.63, 3.8) is 0 Å². The fraction of sp³-hybridized carbons (Fsp3) is 0.273. The maximum atomic E-state index is 5.76. The maximum absolute atomic E-state index is 5.76. The van der Waals surface area contributed by atoms with E-state index in [1.54, 1.807) is 0 Å². The van der Waals surface area contributed by atoms with Crippen molar-refractivity contribution in [2.24, 2.45) is 0 Å². The van der Waals surface area contributed by atoms with Gasteiger partial charge in [-0.2, -0.15) is 0 Å². The molecule has 0 saturated heterocycles. The Balaban J connectivity index is 2.50. The Kier molecular flexibility index (Phi) is 2.17. The summed E-state index contributed by atoms with van der Waals surface area (Å²) in [5, 5.41) is 1.22. The number of nitrogens with zero attached hydrogens (tertiary/aromatic N) is 1. The number of nitrogens with one attached hydrogen (secondary N) is 1. The third-order valence-corrected chi connectivity index (χ3v) is 2.28. The fourth-order valence-corrected chi connectivity index (χ4v) is 1.67. The number of hydrogen-bond donors (Lipinski definition) is 2. The second-order valence-corrected chi connectivity index (χ2v) is 3.86. The monoisotopic (exact) mass is 189 g/mol. The largest absolute Gasteiger partial charge is 0.399 e. The number of rotatable bonds is 2. The normalized spacial score (nSPS) is 11.4. The van der Waals surface area contributed by atoms with E-state index in [0.717, 1.165) is 17.7 Å². The number of nitrogens with two attached hydrogens (primary N) is 1. The lowest BCUT2D eigenvalue weighted by atomic mass is 10.1. The Labute approximate surface area is 83.5 Å². The van der Waals surface area contributed by atoms with Crippen molar-refractivity contribution < 1.29 is 0 Å². The molecule has 0 bridgehead atoms. The lowest BCUT2D eigenvalue weighted by molar-refractivity contribution is 0.404. The Hall–Kier alpha value is -1.48. The SMILES string of the molecule is CN(C)Cc1c[nH]c2ccc(N)cc12. The van der Waals surface area contributed by atoms with E-state index in [2.05, 4.69) is 24.0 Å². The zero-order valence-corrected chi connectivity index (χ0v) is 8.54. The van der Waals surface area contributed by atoms with E-state index in [9.17, 15) is 0 Å². The molecule has 1 aromatic heterocycles. The highest BCUT2D eigenvalue weighted by Gasteiger charge is 2.04. The number of benzene rings is 1. The summed E-state index contributed by atoms with van der Waals surface area (Å²) in [6, 6.07) is 5.95.